The first kappa shape index (κ1) is 16.6. The molecule has 2 aliphatic carbocycles. The molecule has 0 amide bonds. The molecule has 0 bridgehead atoms. The molecule has 0 nitrogen and oxygen atoms in total. The first-order chi connectivity index (χ1) is 8.72. The fraction of sp³-hybridized carbons (Fsp3) is 0.714. The van der Waals surface area contributed by atoms with Crippen molar-refractivity contribution in [3.8, 4) is 0 Å². The topological polar surface area (TPSA) is 0 Å². The van der Waals surface area contributed by atoms with E-state index in [9.17, 15) is 0 Å². The van der Waals surface area contributed by atoms with E-state index in [1.165, 1.54) is 36.5 Å². The van der Waals surface area contributed by atoms with Crippen LogP contribution in [0.3, 0.4) is 0 Å². The third kappa shape index (κ3) is 3.22. The summed E-state index contributed by atoms with van der Waals surface area (Å²) in [6.07, 6.45) is 9.46. The second-order valence-electron chi connectivity index (χ2n) is 6.71. The summed E-state index contributed by atoms with van der Waals surface area (Å²) >= 11 is -3.35. The van der Waals surface area contributed by atoms with Gasteiger partial charge in [-0.15, -0.1) is 0 Å². The van der Waals surface area contributed by atoms with E-state index in [0.717, 1.165) is 12.5 Å². The quantitative estimate of drug-likeness (QED) is 0.469. The zero-order chi connectivity index (χ0) is 14.3. The van der Waals surface area contributed by atoms with E-state index in [1.807, 2.05) is 0 Å². The molecule has 5 heteroatoms. The summed E-state index contributed by atoms with van der Waals surface area (Å²) in [5, 5.41) is 0. The van der Waals surface area contributed by atoms with Gasteiger partial charge in [0.1, 0.15) is 0 Å². The number of hydrogen-bond acceptors (Lipinski definition) is 0. The van der Waals surface area contributed by atoms with E-state index >= 15 is 0 Å². The molecule has 0 saturated heterocycles. The summed E-state index contributed by atoms with van der Waals surface area (Å²) in [6, 6.07) is 2.39. The molecule has 0 aromatic heterocycles. The molecule has 19 heavy (non-hydrogen) atoms. The van der Waals surface area contributed by atoms with Gasteiger partial charge in [0, 0.05) is 0 Å². The number of hydrogen-bond donors (Lipinski definition) is 0. The van der Waals surface area contributed by atoms with Gasteiger partial charge in [0.2, 0.25) is 0 Å². The Morgan fingerprint density at radius 3 is 2.42 bits per heavy atom. The molecule has 0 aromatic rings. The number of allylic oxidation sites excluding steroid dienone is 4. The van der Waals surface area contributed by atoms with Crippen LogP contribution in [0, 0.1) is 0 Å². The SMILES string of the molecule is CC[Si](C)(C)C[C]1([Ti]([Cl])([Cl])[Cl])C=CC2=C1CCCC2. The predicted molar refractivity (Wildman–Crippen MR) is 87.7 cm³/mol. The monoisotopic (exact) mass is 372 g/mol. The van der Waals surface area contributed by atoms with Gasteiger partial charge in [-0.25, -0.2) is 0 Å². The summed E-state index contributed by atoms with van der Waals surface area (Å²) in [5.74, 6) is 0. The van der Waals surface area contributed by atoms with Gasteiger partial charge >= 0.3 is 134 Å². The molecule has 1 atom stereocenters. The number of halogens is 3. The summed E-state index contributed by atoms with van der Waals surface area (Å²) in [4.78, 5) is 0. The third-order valence-corrected chi connectivity index (χ3v) is 15.6. The van der Waals surface area contributed by atoms with Gasteiger partial charge in [0.15, 0.2) is 0 Å². The van der Waals surface area contributed by atoms with Crippen molar-refractivity contribution in [2.45, 2.75) is 61.5 Å². The molecule has 2 rings (SSSR count). The molecule has 0 spiro atoms. The maximum absolute atomic E-state index is 6.63. The van der Waals surface area contributed by atoms with Crippen LogP contribution in [0.15, 0.2) is 23.3 Å². The van der Waals surface area contributed by atoms with Crippen molar-refractivity contribution in [2.75, 3.05) is 0 Å². The summed E-state index contributed by atoms with van der Waals surface area (Å²) in [7, 11) is 18.6. The van der Waals surface area contributed by atoms with Crippen LogP contribution in [-0.4, -0.2) is 8.07 Å². The van der Waals surface area contributed by atoms with Crippen LogP contribution in [0.1, 0.15) is 32.6 Å². The van der Waals surface area contributed by atoms with Crippen LogP contribution in [-0.2, 0) is 13.4 Å². The van der Waals surface area contributed by atoms with E-state index in [0.29, 0.717) is 0 Å². The van der Waals surface area contributed by atoms with Crippen LogP contribution >= 0.6 is 27.9 Å². The fourth-order valence-electron chi connectivity index (χ4n) is 3.38. The second-order valence-corrected chi connectivity index (χ2v) is 24.5. The van der Waals surface area contributed by atoms with E-state index in [2.05, 4.69) is 32.2 Å². The van der Waals surface area contributed by atoms with Crippen molar-refractivity contribution in [3.63, 3.8) is 0 Å². The molecule has 0 aliphatic heterocycles. The molecule has 0 saturated carbocycles. The van der Waals surface area contributed by atoms with Crippen LogP contribution in [0.4, 0.5) is 0 Å². The molecular weight excluding hydrogens is 350 g/mol. The predicted octanol–water partition coefficient (Wildman–Crippen LogP) is 6.93. The Bertz CT molecular complexity index is 423. The van der Waals surface area contributed by atoms with Crippen LogP contribution < -0.4 is 0 Å². The van der Waals surface area contributed by atoms with E-state index in [-0.39, 0.29) is 3.72 Å². The van der Waals surface area contributed by atoms with Crippen molar-refractivity contribution in [2.24, 2.45) is 0 Å². The van der Waals surface area contributed by atoms with E-state index in [1.54, 1.807) is 0 Å². The normalized spacial score (nSPS) is 27.9. The summed E-state index contributed by atoms with van der Waals surface area (Å²) in [6.45, 7) is 7.16. The van der Waals surface area contributed by atoms with Crippen molar-refractivity contribution >= 4 is 36.0 Å². The molecule has 0 heterocycles. The Labute approximate surface area is 133 Å². The molecule has 0 aromatic carbocycles. The van der Waals surface area contributed by atoms with Crippen molar-refractivity contribution in [3.05, 3.63) is 23.3 Å². The molecule has 0 fully saturated rings. The first-order valence-electron chi connectivity index (χ1n) is 7.20. The Hall–Kier alpha value is 1.28. The minimum absolute atomic E-state index is 0.147. The summed E-state index contributed by atoms with van der Waals surface area (Å²) in [5.41, 5.74) is 3.00. The summed E-state index contributed by atoms with van der Waals surface area (Å²) < 4.78 is -0.147. The van der Waals surface area contributed by atoms with Crippen molar-refractivity contribution < 1.29 is 13.4 Å². The van der Waals surface area contributed by atoms with Crippen molar-refractivity contribution in [1.82, 2.24) is 0 Å². The standard InChI is InChI=1S/C14H23Si.3ClH.Ti/c1-4-15(2,3)11-13-10-9-12-7-5-6-8-14(12)13;;;;/h9-10H,4-8,11H2,1-3H3;3*1H;/q;;;;+3/p-3. The van der Waals surface area contributed by atoms with Crippen LogP contribution in [0.2, 0.25) is 28.9 Å². The van der Waals surface area contributed by atoms with Crippen LogP contribution in [0.25, 0.3) is 0 Å². The fourth-order valence-corrected chi connectivity index (χ4v) is 14.9. The maximum atomic E-state index is 6.63. The Kier molecular flexibility index (Phi) is 5.10. The van der Waals surface area contributed by atoms with Gasteiger partial charge in [-0.1, -0.05) is 0 Å². The molecule has 0 N–H and O–H groups in total. The molecule has 1 unspecified atom stereocenters. The number of rotatable bonds is 4. The molecule has 108 valence electrons. The second kappa shape index (κ2) is 5.82. The van der Waals surface area contributed by atoms with Gasteiger partial charge < -0.3 is 0 Å². The molecule has 2 aliphatic rings. The van der Waals surface area contributed by atoms with E-state index < -0.39 is 21.5 Å². The van der Waals surface area contributed by atoms with Crippen molar-refractivity contribution in [1.29, 1.82) is 0 Å². The zero-order valence-electron chi connectivity index (χ0n) is 12.0. The van der Waals surface area contributed by atoms with Gasteiger partial charge in [0.05, 0.1) is 0 Å². The van der Waals surface area contributed by atoms with Gasteiger partial charge in [-0.2, -0.15) is 0 Å². The van der Waals surface area contributed by atoms with E-state index in [4.69, 9.17) is 27.9 Å². The Morgan fingerprint density at radius 2 is 1.84 bits per heavy atom. The average Bonchev–Trinajstić information content (AvgIpc) is 2.69. The third-order valence-electron chi connectivity index (χ3n) is 4.84. The first-order valence-corrected chi connectivity index (χ1v) is 17.8. The van der Waals surface area contributed by atoms with Gasteiger partial charge in [-0.05, 0) is 0 Å². The molecule has 0 radical (unpaired) electrons. The van der Waals surface area contributed by atoms with Gasteiger partial charge in [-0.3, -0.25) is 0 Å². The Balaban J connectivity index is 2.44. The Morgan fingerprint density at radius 1 is 1.21 bits per heavy atom. The minimum atomic E-state index is -3.35. The van der Waals surface area contributed by atoms with Gasteiger partial charge in [0.25, 0.3) is 0 Å². The van der Waals surface area contributed by atoms with Crippen LogP contribution in [0.5, 0.6) is 0 Å². The zero-order valence-corrected chi connectivity index (χ0v) is 16.9. The average molecular weight is 374 g/mol. The molecular formula is C14H23Cl3SiTi.